The highest BCUT2D eigenvalue weighted by molar-refractivity contribution is 7.80. The molecular weight excluding hydrogens is 425 g/mol. The highest BCUT2D eigenvalue weighted by atomic mass is 32.1. The third kappa shape index (κ3) is 4.68. The smallest absolute Gasteiger partial charge is 0.260 e. The number of fused-ring (bicyclic) bond motifs is 1. The number of hydrogen-bond acceptors (Lipinski definition) is 4. The van der Waals surface area contributed by atoms with Crippen molar-refractivity contribution in [2.45, 2.75) is 26.2 Å². The molecule has 4 aromatic rings. The van der Waals surface area contributed by atoms with Crippen LogP contribution < -0.4 is 10.6 Å². The van der Waals surface area contributed by atoms with E-state index in [1.165, 1.54) is 23.8 Å². The highest BCUT2D eigenvalue weighted by Gasteiger charge is 2.14. The van der Waals surface area contributed by atoms with Gasteiger partial charge in [-0.05, 0) is 72.6 Å². The zero-order valence-corrected chi connectivity index (χ0v) is 18.5. The molecule has 0 bridgehead atoms. The van der Waals surface area contributed by atoms with Gasteiger partial charge in [0.05, 0.1) is 5.56 Å². The Morgan fingerprint density at radius 1 is 1.12 bits per heavy atom. The fourth-order valence-electron chi connectivity index (χ4n) is 3.32. The number of oxazole rings is 1. The molecule has 0 saturated carbocycles. The van der Waals surface area contributed by atoms with Crippen LogP contribution in [0.4, 0.5) is 10.1 Å². The van der Waals surface area contributed by atoms with Crippen molar-refractivity contribution < 1.29 is 13.6 Å². The molecule has 0 aliphatic heterocycles. The van der Waals surface area contributed by atoms with Gasteiger partial charge in [0.15, 0.2) is 10.7 Å². The molecular formula is C25H22FN3O2S. The molecule has 4 rings (SSSR count). The Morgan fingerprint density at radius 3 is 2.72 bits per heavy atom. The van der Waals surface area contributed by atoms with Crippen molar-refractivity contribution in [3.8, 4) is 11.5 Å². The van der Waals surface area contributed by atoms with Crippen LogP contribution in [0.1, 0.15) is 42.1 Å². The number of halogens is 1. The zero-order chi connectivity index (χ0) is 22.7. The van der Waals surface area contributed by atoms with Gasteiger partial charge >= 0.3 is 0 Å². The van der Waals surface area contributed by atoms with Crippen LogP contribution in [0.2, 0.25) is 0 Å². The maximum absolute atomic E-state index is 13.8. The largest absolute Gasteiger partial charge is 0.436 e. The number of aromatic nitrogens is 1. The molecule has 1 atom stereocenters. The lowest BCUT2D eigenvalue weighted by Gasteiger charge is -2.10. The first-order valence-electron chi connectivity index (χ1n) is 10.3. The normalized spacial score (nSPS) is 11.8. The minimum absolute atomic E-state index is 0.0613. The summed E-state index contributed by atoms with van der Waals surface area (Å²) < 4.78 is 19.7. The number of nitrogens with zero attached hydrogens (tertiary/aromatic N) is 1. The van der Waals surface area contributed by atoms with Crippen molar-refractivity contribution in [3.63, 3.8) is 0 Å². The molecule has 162 valence electrons. The molecule has 2 N–H and O–H groups in total. The highest BCUT2D eigenvalue weighted by Crippen LogP contribution is 2.29. The van der Waals surface area contributed by atoms with E-state index in [-0.39, 0.29) is 10.7 Å². The molecule has 0 aliphatic carbocycles. The number of rotatable bonds is 5. The first kappa shape index (κ1) is 21.6. The number of amides is 1. The minimum Gasteiger partial charge on any atom is -0.436 e. The van der Waals surface area contributed by atoms with Crippen molar-refractivity contribution in [3.05, 3.63) is 83.7 Å². The summed E-state index contributed by atoms with van der Waals surface area (Å²) in [5.41, 5.74) is 4.09. The van der Waals surface area contributed by atoms with Gasteiger partial charge in [0.25, 0.3) is 5.91 Å². The summed E-state index contributed by atoms with van der Waals surface area (Å²) in [6.45, 7) is 4.34. The predicted octanol–water partition coefficient (Wildman–Crippen LogP) is 6.27. The van der Waals surface area contributed by atoms with Gasteiger partial charge in [-0.25, -0.2) is 9.37 Å². The van der Waals surface area contributed by atoms with E-state index < -0.39 is 11.7 Å². The van der Waals surface area contributed by atoms with Crippen LogP contribution >= 0.6 is 12.2 Å². The number of hydrogen-bond donors (Lipinski definition) is 2. The summed E-state index contributed by atoms with van der Waals surface area (Å²) in [6.07, 6.45) is 1.05. The van der Waals surface area contributed by atoms with Crippen LogP contribution in [0.5, 0.6) is 0 Å². The number of carbonyl (C=O) groups is 1. The first-order valence-corrected chi connectivity index (χ1v) is 10.7. The maximum atomic E-state index is 13.8. The number of anilines is 1. The molecule has 3 aromatic carbocycles. The van der Waals surface area contributed by atoms with Crippen LogP contribution in [-0.4, -0.2) is 16.0 Å². The van der Waals surface area contributed by atoms with Gasteiger partial charge in [-0.1, -0.05) is 38.1 Å². The number of benzene rings is 3. The van der Waals surface area contributed by atoms with E-state index in [9.17, 15) is 9.18 Å². The van der Waals surface area contributed by atoms with Crippen LogP contribution in [0, 0.1) is 5.82 Å². The van der Waals surface area contributed by atoms with Crippen LogP contribution in [0.3, 0.4) is 0 Å². The van der Waals surface area contributed by atoms with Crippen molar-refractivity contribution in [1.82, 2.24) is 10.3 Å². The third-order valence-corrected chi connectivity index (χ3v) is 5.51. The molecule has 0 aliphatic rings. The van der Waals surface area contributed by atoms with Crippen LogP contribution in [0.25, 0.3) is 22.6 Å². The third-order valence-electron chi connectivity index (χ3n) is 5.31. The molecule has 0 saturated heterocycles. The monoisotopic (exact) mass is 447 g/mol. The zero-order valence-electron chi connectivity index (χ0n) is 17.7. The van der Waals surface area contributed by atoms with Gasteiger partial charge < -0.3 is 9.73 Å². The Hall–Kier alpha value is -3.58. The van der Waals surface area contributed by atoms with Crippen molar-refractivity contribution in [1.29, 1.82) is 0 Å². The van der Waals surface area contributed by atoms with Gasteiger partial charge in [0.2, 0.25) is 5.89 Å². The van der Waals surface area contributed by atoms with Gasteiger partial charge in [0.1, 0.15) is 11.3 Å². The van der Waals surface area contributed by atoms with Gasteiger partial charge in [-0.15, -0.1) is 0 Å². The standard InChI is InChI=1S/C25H22FN3O2S/c1-3-15(2)16-11-12-22-21(14-16)28-24(31-22)17-7-6-8-18(13-17)27-25(32)29-23(30)19-9-4-5-10-20(19)26/h4-15H,3H2,1-2H3,(H2,27,29,30,32)/t15-/m0/s1. The molecule has 32 heavy (non-hydrogen) atoms. The fourth-order valence-corrected chi connectivity index (χ4v) is 3.53. The van der Waals surface area contributed by atoms with E-state index >= 15 is 0 Å². The topological polar surface area (TPSA) is 67.2 Å². The van der Waals surface area contributed by atoms with E-state index in [0.29, 0.717) is 17.5 Å². The van der Waals surface area contributed by atoms with Crippen LogP contribution in [-0.2, 0) is 0 Å². The van der Waals surface area contributed by atoms with E-state index in [1.807, 2.05) is 24.3 Å². The molecule has 1 heterocycles. The van der Waals surface area contributed by atoms with Gasteiger partial charge in [-0.3, -0.25) is 10.1 Å². The minimum atomic E-state index is -0.618. The van der Waals surface area contributed by atoms with E-state index in [4.69, 9.17) is 16.6 Å². The lowest BCUT2D eigenvalue weighted by molar-refractivity contribution is 0.0974. The number of nitrogens with one attached hydrogen (secondary N) is 2. The second-order valence-corrected chi connectivity index (χ2v) is 7.93. The van der Waals surface area contributed by atoms with Crippen LogP contribution in [0.15, 0.2) is 71.1 Å². The Balaban J connectivity index is 1.50. The lowest BCUT2D eigenvalue weighted by Crippen LogP contribution is -2.34. The lowest BCUT2D eigenvalue weighted by atomic mass is 9.98. The second kappa shape index (κ2) is 9.28. The van der Waals surface area contributed by atoms with Gasteiger partial charge in [-0.2, -0.15) is 0 Å². The maximum Gasteiger partial charge on any atom is 0.260 e. The Bertz CT molecular complexity index is 1300. The average Bonchev–Trinajstić information content (AvgIpc) is 3.22. The summed E-state index contributed by atoms with van der Waals surface area (Å²) in [6, 6.07) is 19.1. The molecule has 1 aromatic heterocycles. The number of thiocarbonyl (C=S) groups is 1. The van der Waals surface area contributed by atoms with Gasteiger partial charge in [0, 0.05) is 11.3 Å². The Labute approximate surface area is 190 Å². The van der Waals surface area contributed by atoms with E-state index in [2.05, 4.69) is 41.6 Å². The molecule has 7 heteroatoms. The summed E-state index contributed by atoms with van der Waals surface area (Å²) in [5, 5.41) is 5.50. The molecule has 0 fully saturated rings. The summed E-state index contributed by atoms with van der Waals surface area (Å²) in [4.78, 5) is 16.9. The molecule has 1 amide bonds. The molecule has 0 spiro atoms. The van der Waals surface area contributed by atoms with E-state index in [0.717, 1.165) is 23.1 Å². The van der Waals surface area contributed by atoms with Crippen molar-refractivity contribution in [2.24, 2.45) is 0 Å². The van der Waals surface area contributed by atoms with E-state index in [1.54, 1.807) is 12.1 Å². The molecule has 5 nitrogen and oxygen atoms in total. The SMILES string of the molecule is CC[C@H](C)c1ccc2oc(-c3cccc(NC(=S)NC(=O)c4ccccc4F)c3)nc2c1. The predicted molar refractivity (Wildman–Crippen MR) is 128 cm³/mol. The Kier molecular flexibility index (Phi) is 6.28. The summed E-state index contributed by atoms with van der Waals surface area (Å²) >= 11 is 5.21. The second-order valence-electron chi connectivity index (χ2n) is 7.52. The van der Waals surface area contributed by atoms with Crippen molar-refractivity contribution >= 4 is 40.0 Å². The average molecular weight is 448 g/mol. The fraction of sp³-hybridized carbons (Fsp3) is 0.160. The van der Waals surface area contributed by atoms with Crippen molar-refractivity contribution in [2.75, 3.05) is 5.32 Å². The number of carbonyl (C=O) groups excluding carboxylic acids is 1. The molecule has 0 radical (unpaired) electrons. The summed E-state index contributed by atoms with van der Waals surface area (Å²) in [7, 11) is 0. The quantitative estimate of drug-likeness (QED) is 0.353. The summed E-state index contributed by atoms with van der Waals surface area (Å²) in [5.74, 6) is -0.283. The first-order chi connectivity index (χ1) is 15.4. The Morgan fingerprint density at radius 2 is 1.94 bits per heavy atom. The molecule has 0 unspecified atom stereocenters.